The van der Waals surface area contributed by atoms with Crippen LogP contribution in [-0.2, 0) is 0 Å². The van der Waals surface area contributed by atoms with E-state index in [-0.39, 0.29) is 19.0 Å². The van der Waals surface area contributed by atoms with Gasteiger partial charge in [-0.15, -0.1) is 11.8 Å². The van der Waals surface area contributed by atoms with Crippen LogP contribution in [0.3, 0.4) is 0 Å². The predicted molar refractivity (Wildman–Crippen MR) is 152 cm³/mol. The average Bonchev–Trinajstić information content (AvgIpc) is 3.06. The van der Waals surface area contributed by atoms with Crippen LogP contribution in [0.4, 0.5) is 25.8 Å². The molecule has 0 spiro atoms. The number of benzene rings is 2. The SMILES string of the molecule is CCCCCCCSc1ccc(NC(=O)c2cc(N3CCNCC(F)(F)C3)ccc2N(C)SC)cc1. The molecular formula is C27H38F2N4OS2. The Kier molecular flexibility index (Phi) is 11.2. The number of hydrogen-bond acceptors (Lipinski definition) is 6. The normalized spacial score (nSPS) is 15.4. The minimum Gasteiger partial charge on any atom is -0.364 e. The Morgan fingerprint density at radius 1 is 1.14 bits per heavy atom. The second-order valence-electron chi connectivity index (χ2n) is 9.08. The van der Waals surface area contributed by atoms with Crippen molar-refractivity contribution in [2.45, 2.75) is 49.8 Å². The van der Waals surface area contributed by atoms with Crippen LogP contribution in [0.15, 0.2) is 47.4 Å². The summed E-state index contributed by atoms with van der Waals surface area (Å²) < 4.78 is 30.3. The Morgan fingerprint density at radius 3 is 2.61 bits per heavy atom. The van der Waals surface area contributed by atoms with E-state index in [0.29, 0.717) is 30.0 Å². The molecule has 1 aliphatic rings. The van der Waals surface area contributed by atoms with E-state index in [1.807, 2.05) is 65.8 Å². The molecule has 0 radical (unpaired) electrons. The number of unbranched alkanes of at least 4 members (excludes halogenated alkanes) is 4. The smallest absolute Gasteiger partial charge is 0.277 e. The Labute approximate surface area is 222 Å². The highest BCUT2D eigenvalue weighted by Gasteiger charge is 2.34. The van der Waals surface area contributed by atoms with Crippen molar-refractivity contribution in [2.24, 2.45) is 0 Å². The summed E-state index contributed by atoms with van der Waals surface area (Å²) in [4.78, 5) is 16.2. The van der Waals surface area contributed by atoms with Crippen molar-refractivity contribution >= 4 is 46.7 Å². The largest absolute Gasteiger partial charge is 0.364 e. The molecule has 0 unspecified atom stereocenters. The van der Waals surface area contributed by atoms with Gasteiger partial charge in [0.2, 0.25) is 0 Å². The molecule has 2 aromatic rings. The fourth-order valence-corrected chi connectivity index (χ4v) is 5.39. The number of alkyl halides is 2. The lowest BCUT2D eigenvalue weighted by Gasteiger charge is -2.27. The number of thioether (sulfide) groups is 1. The number of nitrogens with zero attached hydrogens (tertiary/aromatic N) is 2. The third kappa shape index (κ3) is 8.56. The van der Waals surface area contributed by atoms with Gasteiger partial charge >= 0.3 is 0 Å². The molecule has 2 aromatic carbocycles. The third-order valence-corrected chi connectivity index (χ3v) is 8.04. The maximum absolute atomic E-state index is 14.2. The molecule has 36 heavy (non-hydrogen) atoms. The molecular weight excluding hydrogens is 498 g/mol. The van der Waals surface area contributed by atoms with E-state index in [1.54, 1.807) is 11.0 Å². The van der Waals surface area contributed by atoms with Gasteiger partial charge in [-0.05, 0) is 54.6 Å². The van der Waals surface area contributed by atoms with Crippen LogP contribution in [0.25, 0.3) is 0 Å². The van der Waals surface area contributed by atoms with Crippen molar-refractivity contribution in [3.63, 3.8) is 0 Å². The molecule has 1 saturated heterocycles. The van der Waals surface area contributed by atoms with Crippen LogP contribution >= 0.6 is 23.7 Å². The summed E-state index contributed by atoms with van der Waals surface area (Å²) in [5.41, 5.74) is 2.52. The number of amides is 1. The fourth-order valence-electron chi connectivity index (χ4n) is 4.12. The van der Waals surface area contributed by atoms with E-state index >= 15 is 0 Å². The molecule has 0 bridgehead atoms. The molecule has 0 aliphatic carbocycles. The highest BCUT2D eigenvalue weighted by atomic mass is 32.2. The van der Waals surface area contributed by atoms with Gasteiger partial charge in [0.05, 0.1) is 24.3 Å². The van der Waals surface area contributed by atoms with Crippen molar-refractivity contribution in [2.75, 3.05) is 59.8 Å². The summed E-state index contributed by atoms with van der Waals surface area (Å²) in [5.74, 6) is -2.00. The molecule has 3 rings (SSSR count). The number of rotatable bonds is 12. The van der Waals surface area contributed by atoms with Crippen molar-refractivity contribution in [1.29, 1.82) is 0 Å². The quantitative estimate of drug-likeness (QED) is 0.178. The maximum Gasteiger partial charge on any atom is 0.277 e. The van der Waals surface area contributed by atoms with Gasteiger partial charge in [-0.2, -0.15) is 0 Å². The van der Waals surface area contributed by atoms with Crippen molar-refractivity contribution in [3.05, 3.63) is 48.0 Å². The maximum atomic E-state index is 14.2. The highest BCUT2D eigenvalue weighted by Crippen LogP contribution is 2.31. The average molecular weight is 537 g/mol. The van der Waals surface area contributed by atoms with Gasteiger partial charge in [0, 0.05) is 42.7 Å². The zero-order valence-corrected chi connectivity index (χ0v) is 23.1. The van der Waals surface area contributed by atoms with Crippen molar-refractivity contribution in [3.8, 4) is 0 Å². The summed E-state index contributed by atoms with van der Waals surface area (Å²) in [6, 6.07) is 13.3. The Morgan fingerprint density at radius 2 is 1.89 bits per heavy atom. The molecule has 2 N–H and O–H groups in total. The van der Waals surface area contributed by atoms with E-state index in [9.17, 15) is 13.6 Å². The van der Waals surface area contributed by atoms with E-state index < -0.39 is 5.92 Å². The lowest BCUT2D eigenvalue weighted by atomic mass is 10.1. The number of nitrogens with one attached hydrogen (secondary N) is 2. The molecule has 0 saturated carbocycles. The Hall–Kier alpha value is -1.97. The monoisotopic (exact) mass is 536 g/mol. The highest BCUT2D eigenvalue weighted by molar-refractivity contribution is 8.00. The zero-order chi connectivity index (χ0) is 26.0. The molecule has 1 aliphatic heterocycles. The van der Waals surface area contributed by atoms with E-state index in [2.05, 4.69) is 17.6 Å². The van der Waals surface area contributed by atoms with E-state index in [1.165, 1.54) is 48.9 Å². The fraction of sp³-hybridized carbons (Fsp3) is 0.519. The van der Waals surface area contributed by atoms with E-state index in [4.69, 9.17) is 0 Å². The Bertz CT molecular complexity index is 975. The summed E-state index contributed by atoms with van der Waals surface area (Å²) in [6.07, 6.45) is 8.27. The molecule has 198 valence electrons. The number of hydrogen-bond donors (Lipinski definition) is 2. The van der Waals surface area contributed by atoms with Gasteiger partial charge in [0.1, 0.15) is 0 Å². The summed E-state index contributed by atoms with van der Waals surface area (Å²) in [6.45, 7) is 2.43. The van der Waals surface area contributed by atoms with Crippen molar-refractivity contribution in [1.82, 2.24) is 5.32 Å². The van der Waals surface area contributed by atoms with Crippen LogP contribution in [0.2, 0.25) is 0 Å². The van der Waals surface area contributed by atoms with E-state index in [0.717, 1.165) is 11.4 Å². The van der Waals surface area contributed by atoms with Crippen molar-refractivity contribution < 1.29 is 13.6 Å². The van der Waals surface area contributed by atoms with Gasteiger partial charge in [-0.25, -0.2) is 8.78 Å². The lowest BCUT2D eigenvalue weighted by Crippen LogP contribution is -2.38. The first-order valence-electron chi connectivity index (χ1n) is 12.6. The number of halogens is 2. The molecule has 1 heterocycles. The van der Waals surface area contributed by atoms with Gasteiger partial charge in [0.15, 0.2) is 0 Å². The van der Waals surface area contributed by atoms with Gasteiger partial charge in [-0.3, -0.25) is 4.79 Å². The number of carbonyl (C=O) groups excluding carboxylic acids is 1. The summed E-state index contributed by atoms with van der Waals surface area (Å²) in [5, 5.41) is 5.78. The minimum atomic E-state index is -2.83. The number of anilines is 3. The Balaban J connectivity index is 1.70. The molecule has 5 nitrogen and oxygen atoms in total. The first kappa shape index (κ1) is 28.6. The number of carbonyl (C=O) groups is 1. The van der Waals surface area contributed by atoms with Crippen LogP contribution in [0, 0.1) is 0 Å². The molecule has 1 amide bonds. The summed E-state index contributed by atoms with van der Waals surface area (Å²) in [7, 11) is 1.88. The standard InChI is InChI=1S/C27H38F2N4OS2/c1-4-5-6-7-8-17-36-23-12-9-21(10-13-23)31-26(34)24-18-22(11-14-25(24)32(2)35-3)33-16-15-30-19-27(28,29)20-33/h9-14,18,30H,4-8,15-17,19-20H2,1-3H3,(H,31,34). The molecule has 0 atom stereocenters. The second-order valence-corrected chi connectivity index (χ2v) is 11.2. The van der Waals surface area contributed by atoms with Crippen LogP contribution in [-0.4, -0.2) is 57.1 Å². The second kappa shape index (κ2) is 14.1. The molecule has 9 heteroatoms. The van der Waals surface area contributed by atoms with Crippen LogP contribution in [0.5, 0.6) is 0 Å². The van der Waals surface area contributed by atoms with Gasteiger partial charge in [-0.1, -0.05) is 44.6 Å². The topological polar surface area (TPSA) is 47.6 Å². The molecule has 1 fully saturated rings. The first-order valence-corrected chi connectivity index (χ1v) is 14.8. The predicted octanol–water partition coefficient (Wildman–Crippen LogP) is 6.76. The van der Waals surface area contributed by atoms with Gasteiger partial charge < -0.3 is 19.8 Å². The lowest BCUT2D eigenvalue weighted by molar-refractivity contribution is 0.0157. The van der Waals surface area contributed by atoms with Crippen LogP contribution in [0.1, 0.15) is 49.4 Å². The minimum absolute atomic E-state index is 0.260. The first-order chi connectivity index (χ1) is 17.3. The van der Waals surface area contributed by atoms with Crippen LogP contribution < -0.4 is 19.8 Å². The zero-order valence-electron chi connectivity index (χ0n) is 21.5. The van der Waals surface area contributed by atoms with Gasteiger partial charge in [0.25, 0.3) is 11.8 Å². The molecule has 0 aromatic heterocycles. The summed E-state index contributed by atoms with van der Waals surface area (Å²) >= 11 is 3.32. The third-order valence-electron chi connectivity index (χ3n) is 6.20.